The standard InChI is InChI=1S/C25H33FN4O4S/c1-15(2)19-8-7-18(25(27-19)33-5)23-16(3)11-20-24(28-23)17(4)12-30(20)21-13-29(35(6,31)32)14-22(21)34-10-9-26/h7-8,11-12,15,21-22H,9-10,13-14H2,1-6H3/t21?,22-/m0/s1. The van der Waals surface area contributed by atoms with E-state index in [2.05, 4.69) is 24.9 Å². The number of methoxy groups -OCH3 is 1. The lowest BCUT2D eigenvalue weighted by atomic mass is 10.0. The summed E-state index contributed by atoms with van der Waals surface area (Å²) in [5, 5.41) is 0. The quantitative estimate of drug-likeness (QED) is 0.461. The van der Waals surface area contributed by atoms with Crippen molar-refractivity contribution in [3.8, 4) is 17.1 Å². The molecule has 3 aromatic heterocycles. The SMILES string of the molecule is COc1nc(C(C)C)ccc1-c1nc2c(C)cn(C3CN(S(C)(=O)=O)C[C@@H]3OCCF)c2cc1C. The molecule has 0 amide bonds. The van der Waals surface area contributed by atoms with Crippen molar-refractivity contribution in [2.75, 3.05) is 39.7 Å². The van der Waals surface area contributed by atoms with Crippen LogP contribution in [0.4, 0.5) is 4.39 Å². The summed E-state index contributed by atoms with van der Waals surface area (Å²) in [5.41, 5.74) is 6.13. The Hall–Kier alpha value is -2.56. The first-order chi connectivity index (χ1) is 16.5. The minimum Gasteiger partial charge on any atom is -0.480 e. The van der Waals surface area contributed by atoms with E-state index in [0.717, 1.165) is 39.1 Å². The van der Waals surface area contributed by atoms with Gasteiger partial charge in [-0.2, -0.15) is 4.31 Å². The van der Waals surface area contributed by atoms with Crippen LogP contribution in [0.1, 0.15) is 42.6 Å². The maximum absolute atomic E-state index is 12.9. The van der Waals surface area contributed by atoms with Crippen molar-refractivity contribution in [3.05, 3.63) is 41.2 Å². The number of hydrogen-bond donors (Lipinski definition) is 0. The Labute approximate surface area is 206 Å². The Balaban J connectivity index is 1.80. The summed E-state index contributed by atoms with van der Waals surface area (Å²) in [7, 11) is -1.80. The van der Waals surface area contributed by atoms with Gasteiger partial charge in [0.15, 0.2) is 0 Å². The van der Waals surface area contributed by atoms with Gasteiger partial charge in [-0.15, -0.1) is 0 Å². The van der Waals surface area contributed by atoms with E-state index in [-0.39, 0.29) is 31.7 Å². The maximum Gasteiger partial charge on any atom is 0.222 e. The average molecular weight is 505 g/mol. The van der Waals surface area contributed by atoms with E-state index >= 15 is 0 Å². The van der Waals surface area contributed by atoms with Crippen molar-refractivity contribution in [1.29, 1.82) is 0 Å². The lowest BCUT2D eigenvalue weighted by molar-refractivity contribution is 0.0324. The van der Waals surface area contributed by atoms with Crippen LogP contribution in [0.2, 0.25) is 0 Å². The highest BCUT2D eigenvalue weighted by molar-refractivity contribution is 7.88. The second-order valence-electron chi connectivity index (χ2n) is 9.43. The topological polar surface area (TPSA) is 86.6 Å². The van der Waals surface area contributed by atoms with Crippen molar-refractivity contribution in [2.45, 2.75) is 45.8 Å². The van der Waals surface area contributed by atoms with E-state index in [1.54, 1.807) is 7.11 Å². The molecular formula is C25H33FN4O4S. The fourth-order valence-corrected chi connectivity index (χ4v) is 5.55. The molecule has 35 heavy (non-hydrogen) atoms. The van der Waals surface area contributed by atoms with E-state index in [4.69, 9.17) is 14.5 Å². The molecule has 190 valence electrons. The van der Waals surface area contributed by atoms with Crippen LogP contribution in [0.15, 0.2) is 24.4 Å². The minimum absolute atomic E-state index is 0.0719. The Morgan fingerprint density at radius 1 is 1.17 bits per heavy atom. The van der Waals surface area contributed by atoms with Crippen LogP contribution in [-0.4, -0.2) is 73.1 Å². The highest BCUT2D eigenvalue weighted by atomic mass is 32.2. The number of rotatable bonds is 8. The maximum atomic E-state index is 12.9. The van der Waals surface area contributed by atoms with Gasteiger partial charge in [0.2, 0.25) is 15.9 Å². The molecule has 1 aliphatic rings. The number of aryl methyl sites for hydroxylation is 2. The zero-order chi connectivity index (χ0) is 25.5. The highest BCUT2D eigenvalue weighted by Crippen LogP contribution is 2.36. The largest absolute Gasteiger partial charge is 0.480 e. The van der Waals surface area contributed by atoms with Crippen LogP contribution in [0.5, 0.6) is 5.88 Å². The molecule has 0 aliphatic carbocycles. The molecule has 4 rings (SSSR count). The summed E-state index contributed by atoms with van der Waals surface area (Å²) < 4.78 is 52.1. The molecule has 1 fully saturated rings. The van der Waals surface area contributed by atoms with Gasteiger partial charge in [0.1, 0.15) is 6.67 Å². The molecule has 0 saturated carbocycles. The molecule has 0 aromatic carbocycles. The van der Waals surface area contributed by atoms with Crippen molar-refractivity contribution in [1.82, 2.24) is 18.8 Å². The van der Waals surface area contributed by atoms with Gasteiger partial charge in [-0.25, -0.2) is 22.8 Å². The molecular weight excluding hydrogens is 471 g/mol. The lowest BCUT2D eigenvalue weighted by Gasteiger charge is -2.21. The molecule has 1 unspecified atom stereocenters. The van der Waals surface area contributed by atoms with E-state index in [0.29, 0.717) is 5.88 Å². The van der Waals surface area contributed by atoms with Crippen LogP contribution < -0.4 is 4.74 Å². The van der Waals surface area contributed by atoms with Gasteiger partial charge in [0.05, 0.1) is 54.4 Å². The fourth-order valence-electron chi connectivity index (χ4n) is 4.71. The summed E-state index contributed by atoms with van der Waals surface area (Å²) in [5.74, 6) is 0.804. The van der Waals surface area contributed by atoms with Crippen LogP contribution in [-0.2, 0) is 14.8 Å². The molecule has 10 heteroatoms. The number of fused-ring (bicyclic) bond motifs is 1. The zero-order valence-electron chi connectivity index (χ0n) is 21.1. The van der Waals surface area contributed by atoms with Gasteiger partial charge in [0, 0.05) is 25.0 Å². The van der Waals surface area contributed by atoms with Gasteiger partial charge in [0.25, 0.3) is 0 Å². The summed E-state index contributed by atoms with van der Waals surface area (Å²) in [6, 6.07) is 5.75. The molecule has 8 nitrogen and oxygen atoms in total. The lowest BCUT2D eigenvalue weighted by Crippen LogP contribution is -2.29. The predicted molar refractivity (Wildman–Crippen MR) is 134 cm³/mol. The first-order valence-electron chi connectivity index (χ1n) is 11.7. The van der Waals surface area contributed by atoms with E-state index in [1.807, 2.05) is 36.7 Å². The van der Waals surface area contributed by atoms with Crippen LogP contribution >= 0.6 is 0 Å². The van der Waals surface area contributed by atoms with Crippen molar-refractivity contribution in [3.63, 3.8) is 0 Å². The molecule has 0 bridgehead atoms. The molecule has 0 spiro atoms. The summed E-state index contributed by atoms with van der Waals surface area (Å²) in [6.07, 6.45) is 2.70. The van der Waals surface area contributed by atoms with Gasteiger partial charge in [-0.05, 0) is 49.1 Å². The van der Waals surface area contributed by atoms with Crippen molar-refractivity contribution >= 4 is 21.1 Å². The number of hydrogen-bond acceptors (Lipinski definition) is 6. The number of pyridine rings is 2. The van der Waals surface area contributed by atoms with E-state index < -0.39 is 22.8 Å². The summed E-state index contributed by atoms with van der Waals surface area (Å²) in [6.45, 7) is 7.89. The molecule has 1 aliphatic heterocycles. The Morgan fingerprint density at radius 2 is 1.91 bits per heavy atom. The number of nitrogens with zero attached hydrogens (tertiary/aromatic N) is 4. The third-order valence-corrected chi connectivity index (χ3v) is 7.77. The molecule has 2 atom stereocenters. The zero-order valence-corrected chi connectivity index (χ0v) is 21.9. The van der Waals surface area contributed by atoms with E-state index in [1.165, 1.54) is 10.6 Å². The monoisotopic (exact) mass is 504 g/mol. The van der Waals surface area contributed by atoms with Gasteiger partial charge in [-0.3, -0.25) is 0 Å². The molecule has 3 aromatic rings. The smallest absolute Gasteiger partial charge is 0.222 e. The third kappa shape index (κ3) is 4.92. The summed E-state index contributed by atoms with van der Waals surface area (Å²) in [4.78, 5) is 9.67. The first-order valence-corrected chi connectivity index (χ1v) is 13.6. The number of alkyl halides is 1. The highest BCUT2D eigenvalue weighted by Gasteiger charge is 2.39. The van der Waals surface area contributed by atoms with Gasteiger partial charge >= 0.3 is 0 Å². The molecule has 4 heterocycles. The number of ether oxygens (including phenoxy) is 2. The fraction of sp³-hybridized carbons (Fsp3) is 0.520. The average Bonchev–Trinajstić information content (AvgIpc) is 3.37. The molecule has 0 radical (unpaired) electrons. The third-order valence-electron chi connectivity index (χ3n) is 6.54. The first kappa shape index (κ1) is 25.5. The predicted octanol–water partition coefficient (Wildman–Crippen LogP) is 4.02. The van der Waals surface area contributed by atoms with E-state index in [9.17, 15) is 12.8 Å². The number of halogens is 1. The van der Waals surface area contributed by atoms with Gasteiger partial charge in [-0.1, -0.05) is 13.8 Å². The second-order valence-corrected chi connectivity index (χ2v) is 11.4. The van der Waals surface area contributed by atoms with Crippen LogP contribution in [0, 0.1) is 13.8 Å². The van der Waals surface area contributed by atoms with Gasteiger partial charge < -0.3 is 14.0 Å². The Kier molecular flexibility index (Phi) is 7.17. The second kappa shape index (κ2) is 9.83. The minimum atomic E-state index is -3.41. The van der Waals surface area contributed by atoms with Crippen molar-refractivity contribution < 1.29 is 22.3 Å². The Morgan fingerprint density at radius 3 is 2.54 bits per heavy atom. The summed E-state index contributed by atoms with van der Waals surface area (Å²) >= 11 is 0. The normalized spacial score (nSPS) is 19.2. The Bertz CT molecular complexity index is 1340. The van der Waals surface area contributed by atoms with Crippen LogP contribution in [0.25, 0.3) is 22.3 Å². The molecule has 0 N–H and O–H groups in total. The van der Waals surface area contributed by atoms with Crippen LogP contribution in [0.3, 0.4) is 0 Å². The molecule has 1 saturated heterocycles. The number of aromatic nitrogens is 3. The number of sulfonamides is 1. The van der Waals surface area contributed by atoms with Crippen molar-refractivity contribution in [2.24, 2.45) is 0 Å².